The van der Waals surface area contributed by atoms with E-state index in [4.69, 9.17) is 14.0 Å². The Morgan fingerprint density at radius 3 is 2.86 bits per heavy atom. The highest BCUT2D eigenvalue weighted by Gasteiger charge is 2.28. The number of anilines is 2. The average molecular weight is 397 g/mol. The van der Waals surface area contributed by atoms with Gasteiger partial charge in [-0.25, -0.2) is 4.98 Å². The van der Waals surface area contributed by atoms with E-state index in [0.29, 0.717) is 29.4 Å². The third-order valence-corrected chi connectivity index (χ3v) is 5.17. The van der Waals surface area contributed by atoms with E-state index in [1.165, 1.54) is 6.33 Å². The molecule has 0 aliphatic carbocycles. The lowest BCUT2D eigenvalue weighted by Gasteiger charge is -2.33. The van der Waals surface area contributed by atoms with Crippen molar-refractivity contribution in [2.45, 2.75) is 19.8 Å². The number of ether oxygens (including phenoxy) is 2. The van der Waals surface area contributed by atoms with Crippen molar-refractivity contribution >= 4 is 28.5 Å². The highest BCUT2D eigenvalue weighted by atomic mass is 16.5. The first-order valence-corrected chi connectivity index (χ1v) is 9.45. The maximum absolute atomic E-state index is 12.9. The van der Waals surface area contributed by atoms with Gasteiger partial charge in [0, 0.05) is 24.8 Å². The quantitative estimate of drug-likeness (QED) is 0.701. The van der Waals surface area contributed by atoms with Gasteiger partial charge in [-0.2, -0.15) is 4.98 Å². The van der Waals surface area contributed by atoms with E-state index in [2.05, 4.69) is 25.3 Å². The second-order valence-corrected chi connectivity index (χ2v) is 6.99. The Kier molecular flexibility index (Phi) is 5.20. The van der Waals surface area contributed by atoms with Crippen LogP contribution in [0.5, 0.6) is 11.5 Å². The molecule has 0 spiro atoms. The molecule has 3 heterocycles. The highest BCUT2D eigenvalue weighted by Crippen LogP contribution is 2.32. The lowest BCUT2D eigenvalue weighted by atomic mass is 9.96. The van der Waals surface area contributed by atoms with E-state index in [-0.39, 0.29) is 11.8 Å². The van der Waals surface area contributed by atoms with Gasteiger partial charge >= 0.3 is 0 Å². The first kappa shape index (κ1) is 19.0. The van der Waals surface area contributed by atoms with Gasteiger partial charge in [0.25, 0.3) is 5.71 Å². The summed E-state index contributed by atoms with van der Waals surface area (Å²) < 4.78 is 15.8. The number of piperidine rings is 1. The number of benzene rings is 1. The van der Waals surface area contributed by atoms with Gasteiger partial charge in [-0.1, -0.05) is 5.16 Å². The number of nitrogens with zero attached hydrogens (tertiary/aromatic N) is 4. The van der Waals surface area contributed by atoms with Crippen LogP contribution in [0.15, 0.2) is 29.0 Å². The summed E-state index contributed by atoms with van der Waals surface area (Å²) in [7, 11) is 3.14. The lowest BCUT2D eigenvalue weighted by molar-refractivity contribution is -0.120. The minimum atomic E-state index is -0.165. The number of hydrogen-bond acceptors (Lipinski definition) is 8. The van der Waals surface area contributed by atoms with E-state index < -0.39 is 0 Å². The molecule has 0 unspecified atom stereocenters. The molecule has 4 rings (SSSR count). The van der Waals surface area contributed by atoms with E-state index in [0.717, 1.165) is 36.3 Å². The second kappa shape index (κ2) is 7.94. The van der Waals surface area contributed by atoms with Crippen LogP contribution in [0.2, 0.25) is 0 Å². The third-order valence-electron chi connectivity index (χ3n) is 5.17. The van der Waals surface area contributed by atoms with Crippen LogP contribution in [0.4, 0.5) is 11.5 Å². The SMILES string of the molecule is COc1ccc(NC(=O)[C@H]2CCCN(c3ncnc4onc(C)c34)C2)cc1OC. The molecule has 1 aromatic carbocycles. The number of carbonyl (C=O) groups is 1. The van der Waals surface area contributed by atoms with Crippen molar-refractivity contribution in [3.05, 3.63) is 30.2 Å². The number of methoxy groups -OCH3 is 2. The van der Waals surface area contributed by atoms with Gasteiger partial charge in [0.05, 0.1) is 25.8 Å². The molecule has 1 amide bonds. The zero-order valence-corrected chi connectivity index (χ0v) is 16.6. The molecule has 29 heavy (non-hydrogen) atoms. The fourth-order valence-electron chi connectivity index (χ4n) is 3.69. The molecule has 1 atom stereocenters. The van der Waals surface area contributed by atoms with Gasteiger partial charge in [-0.3, -0.25) is 4.79 Å². The van der Waals surface area contributed by atoms with Crippen LogP contribution in [0, 0.1) is 12.8 Å². The Balaban J connectivity index is 1.51. The van der Waals surface area contributed by atoms with Gasteiger partial charge in [0.15, 0.2) is 11.5 Å². The number of aromatic nitrogens is 3. The molecule has 1 N–H and O–H groups in total. The van der Waals surface area contributed by atoms with Crippen molar-refractivity contribution < 1.29 is 18.8 Å². The molecule has 9 heteroatoms. The molecule has 1 fully saturated rings. The number of rotatable bonds is 5. The van der Waals surface area contributed by atoms with Gasteiger partial charge in [0.1, 0.15) is 17.5 Å². The highest BCUT2D eigenvalue weighted by molar-refractivity contribution is 5.94. The summed E-state index contributed by atoms with van der Waals surface area (Å²) >= 11 is 0. The van der Waals surface area contributed by atoms with Crippen LogP contribution < -0.4 is 19.7 Å². The number of fused-ring (bicyclic) bond motifs is 1. The summed E-state index contributed by atoms with van der Waals surface area (Å²) in [6, 6.07) is 5.33. The first-order chi connectivity index (χ1) is 14.1. The zero-order chi connectivity index (χ0) is 20.4. The summed E-state index contributed by atoms with van der Waals surface area (Å²) in [6.45, 7) is 3.25. The van der Waals surface area contributed by atoms with Crippen molar-refractivity contribution in [1.82, 2.24) is 15.1 Å². The maximum Gasteiger partial charge on any atom is 0.263 e. The van der Waals surface area contributed by atoms with E-state index in [1.807, 2.05) is 6.92 Å². The first-order valence-electron chi connectivity index (χ1n) is 9.45. The second-order valence-electron chi connectivity index (χ2n) is 6.99. The predicted molar refractivity (Wildman–Crippen MR) is 107 cm³/mol. The topological polar surface area (TPSA) is 103 Å². The number of aryl methyl sites for hydroxylation is 1. The van der Waals surface area contributed by atoms with Crippen molar-refractivity contribution in [3.8, 4) is 11.5 Å². The Hall–Kier alpha value is -3.36. The van der Waals surface area contributed by atoms with Crippen LogP contribution in [-0.4, -0.2) is 48.3 Å². The fourth-order valence-corrected chi connectivity index (χ4v) is 3.69. The largest absolute Gasteiger partial charge is 0.493 e. The van der Waals surface area contributed by atoms with Crippen LogP contribution >= 0.6 is 0 Å². The summed E-state index contributed by atoms with van der Waals surface area (Å²) in [6.07, 6.45) is 3.17. The average Bonchev–Trinajstić information content (AvgIpc) is 3.14. The van der Waals surface area contributed by atoms with Crippen molar-refractivity contribution in [1.29, 1.82) is 0 Å². The minimum absolute atomic E-state index is 0.0331. The molecule has 2 aromatic heterocycles. The van der Waals surface area contributed by atoms with Crippen molar-refractivity contribution in [3.63, 3.8) is 0 Å². The third kappa shape index (κ3) is 3.67. The molecule has 3 aromatic rings. The normalized spacial score (nSPS) is 16.7. The fraction of sp³-hybridized carbons (Fsp3) is 0.400. The molecule has 1 aliphatic heterocycles. The minimum Gasteiger partial charge on any atom is -0.493 e. The molecule has 152 valence electrons. The summed E-state index contributed by atoms with van der Waals surface area (Å²) in [4.78, 5) is 23.6. The number of nitrogens with one attached hydrogen (secondary N) is 1. The van der Waals surface area contributed by atoms with Crippen molar-refractivity contribution in [2.75, 3.05) is 37.5 Å². The van der Waals surface area contributed by atoms with Gasteiger partial charge in [-0.15, -0.1) is 0 Å². The number of carbonyl (C=O) groups excluding carboxylic acids is 1. The predicted octanol–water partition coefficient (Wildman–Crippen LogP) is 2.80. The molecule has 1 saturated heterocycles. The molecule has 0 radical (unpaired) electrons. The van der Waals surface area contributed by atoms with Gasteiger partial charge < -0.3 is 24.2 Å². The zero-order valence-electron chi connectivity index (χ0n) is 16.6. The standard InChI is InChI=1S/C20H23N5O4/c1-12-17-18(21-11-22-20(17)29-24-12)25-8-4-5-13(10-25)19(26)23-14-6-7-15(27-2)16(9-14)28-3/h6-7,9,11,13H,4-5,8,10H2,1-3H3,(H,23,26)/t13-/m0/s1. The Morgan fingerprint density at radius 2 is 2.07 bits per heavy atom. The number of hydrogen-bond donors (Lipinski definition) is 1. The Bertz CT molecular complexity index is 1030. The molecular weight excluding hydrogens is 374 g/mol. The monoisotopic (exact) mass is 397 g/mol. The summed E-state index contributed by atoms with van der Waals surface area (Å²) in [5.74, 6) is 1.75. The maximum atomic E-state index is 12.9. The smallest absolute Gasteiger partial charge is 0.263 e. The van der Waals surface area contributed by atoms with Crippen LogP contribution in [0.3, 0.4) is 0 Å². The molecule has 0 bridgehead atoms. The summed E-state index contributed by atoms with van der Waals surface area (Å²) in [5, 5.41) is 7.77. The lowest BCUT2D eigenvalue weighted by Crippen LogP contribution is -2.41. The molecular formula is C20H23N5O4. The molecule has 9 nitrogen and oxygen atoms in total. The van der Waals surface area contributed by atoms with Crippen LogP contribution in [-0.2, 0) is 4.79 Å². The summed E-state index contributed by atoms with van der Waals surface area (Å²) in [5.41, 5.74) is 1.88. The van der Waals surface area contributed by atoms with E-state index in [1.54, 1.807) is 32.4 Å². The van der Waals surface area contributed by atoms with E-state index in [9.17, 15) is 4.79 Å². The Labute approximate surface area is 168 Å². The molecule has 1 aliphatic rings. The van der Waals surface area contributed by atoms with Crippen molar-refractivity contribution in [2.24, 2.45) is 5.92 Å². The Morgan fingerprint density at radius 1 is 1.24 bits per heavy atom. The number of amides is 1. The van der Waals surface area contributed by atoms with Gasteiger partial charge in [0.2, 0.25) is 5.91 Å². The molecule has 0 saturated carbocycles. The van der Waals surface area contributed by atoms with Gasteiger partial charge in [-0.05, 0) is 31.9 Å². The van der Waals surface area contributed by atoms with E-state index >= 15 is 0 Å². The van der Waals surface area contributed by atoms with Crippen LogP contribution in [0.1, 0.15) is 18.5 Å². The van der Waals surface area contributed by atoms with Crippen LogP contribution in [0.25, 0.3) is 11.1 Å².